The van der Waals surface area contributed by atoms with Crippen LogP contribution in [0, 0.1) is 0 Å². The Morgan fingerprint density at radius 1 is 0.732 bits per heavy atom. The Morgan fingerprint density at radius 3 is 1.88 bits per heavy atom. The topological polar surface area (TPSA) is 96.2 Å². The second-order valence-electron chi connectivity index (χ2n) is 13.0. The Hall–Kier alpha value is -0.950. The first-order valence-corrected chi connectivity index (χ1v) is 17.5. The van der Waals surface area contributed by atoms with Crippen LogP contribution in [0.1, 0.15) is 168 Å². The van der Waals surface area contributed by atoms with E-state index in [1.807, 2.05) is 6.92 Å². The molecule has 240 valence electrons. The second kappa shape index (κ2) is 22.6. The predicted octanol–water partition coefficient (Wildman–Crippen LogP) is 8.09. The van der Waals surface area contributed by atoms with E-state index < -0.39 is 12.2 Å². The molecule has 0 bridgehead atoms. The number of esters is 1. The number of carbonyl (C=O) groups is 1. The molecule has 6 heteroatoms. The maximum absolute atomic E-state index is 11.7. The molecular formula is C35H64O6. The Morgan fingerprint density at radius 2 is 1.29 bits per heavy atom. The molecule has 2 rings (SSSR count). The molecule has 0 aromatic rings. The summed E-state index contributed by atoms with van der Waals surface area (Å²) in [5.74, 6) is -0.295. The molecule has 6 atom stereocenters. The lowest BCUT2D eigenvalue weighted by atomic mass is 9.99. The molecular weight excluding hydrogens is 516 g/mol. The number of aliphatic hydroxyl groups is 3. The van der Waals surface area contributed by atoms with Gasteiger partial charge in [0.15, 0.2) is 0 Å². The van der Waals surface area contributed by atoms with Gasteiger partial charge in [0.05, 0.1) is 30.5 Å². The van der Waals surface area contributed by atoms with Gasteiger partial charge < -0.3 is 24.8 Å². The van der Waals surface area contributed by atoms with E-state index in [1.165, 1.54) is 77.0 Å². The summed E-state index contributed by atoms with van der Waals surface area (Å²) in [5, 5.41) is 31.2. The summed E-state index contributed by atoms with van der Waals surface area (Å²) in [6, 6.07) is 0. The van der Waals surface area contributed by atoms with Crippen LogP contribution in [0.5, 0.6) is 0 Å². The van der Waals surface area contributed by atoms with Gasteiger partial charge in [-0.2, -0.15) is 0 Å². The Labute approximate surface area is 251 Å². The van der Waals surface area contributed by atoms with Crippen molar-refractivity contribution >= 4 is 5.97 Å². The number of hydrogen-bond acceptors (Lipinski definition) is 6. The van der Waals surface area contributed by atoms with Crippen molar-refractivity contribution in [3.63, 3.8) is 0 Å². The monoisotopic (exact) mass is 580 g/mol. The number of cyclic esters (lactones) is 1. The van der Waals surface area contributed by atoms with Crippen LogP contribution in [-0.4, -0.2) is 57.9 Å². The molecule has 0 aromatic carbocycles. The Bertz CT molecular complexity index is 694. The minimum Gasteiger partial charge on any atom is -0.455 e. The lowest BCUT2D eigenvalue weighted by molar-refractivity contribution is -0.139. The first-order valence-electron chi connectivity index (χ1n) is 17.5. The van der Waals surface area contributed by atoms with Gasteiger partial charge in [-0.1, -0.05) is 110 Å². The lowest BCUT2D eigenvalue weighted by Gasteiger charge is -2.20. The van der Waals surface area contributed by atoms with Gasteiger partial charge in [0.25, 0.3) is 0 Å². The standard InChI is InChI=1S/C35H64O6/c1-3-4-5-6-7-8-9-10-11-12-13-14-16-19-30(36)22-24-33(38)34-25-23-32(41-34)21-18-15-17-20-31(37)27-29-26-28(2)40-35(29)39/h26,28,30-34,36-38H,3-25,27H2,1-2H3. The van der Waals surface area contributed by atoms with E-state index in [4.69, 9.17) is 9.47 Å². The van der Waals surface area contributed by atoms with Crippen LogP contribution in [0.4, 0.5) is 0 Å². The Balaban J connectivity index is 1.38. The van der Waals surface area contributed by atoms with Gasteiger partial charge in [-0.3, -0.25) is 0 Å². The van der Waals surface area contributed by atoms with Gasteiger partial charge in [0.1, 0.15) is 6.10 Å². The molecule has 1 fully saturated rings. The molecule has 0 radical (unpaired) electrons. The lowest BCUT2D eigenvalue weighted by Crippen LogP contribution is -2.27. The van der Waals surface area contributed by atoms with E-state index >= 15 is 0 Å². The number of rotatable bonds is 26. The van der Waals surface area contributed by atoms with Crippen LogP contribution in [0.15, 0.2) is 11.6 Å². The maximum atomic E-state index is 11.7. The molecule has 0 amide bonds. The van der Waals surface area contributed by atoms with Gasteiger partial charge in [0.2, 0.25) is 0 Å². The fraction of sp³-hybridized carbons (Fsp3) is 0.914. The highest BCUT2D eigenvalue weighted by atomic mass is 16.5. The largest absolute Gasteiger partial charge is 0.455 e. The van der Waals surface area contributed by atoms with E-state index in [-0.39, 0.29) is 30.4 Å². The summed E-state index contributed by atoms with van der Waals surface area (Å²) in [6.45, 7) is 4.10. The fourth-order valence-electron chi connectivity index (χ4n) is 6.39. The van der Waals surface area contributed by atoms with Crippen molar-refractivity contribution in [3.8, 4) is 0 Å². The Kier molecular flexibility index (Phi) is 20.0. The number of ether oxygens (including phenoxy) is 2. The molecule has 1 saturated heterocycles. The maximum Gasteiger partial charge on any atom is 0.334 e. The zero-order valence-electron chi connectivity index (χ0n) is 26.6. The normalized spacial score (nSPS) is 23.0. The van der Waals surface area contributed by atoms with Crippen LogP contribution in [0.3, 0.4) is 0 Å². The summed E-state index contributed by atoms with van der Waals surface area (Å²) >= 11 is 0. The van der Waals surface area contributed by atoms with E-state index in [0.717, 1.165) is 51.4 Å². The molecule has 0 aromatic heterocycles. The third kappa shape index (κ3) is 17.1. The molecule has 2 aliphatic rings. The molecule has 2 heterocycles. The van der Waals surface area contributed by atoms with E-state index in [0.29, 0.717) is 31.3 Å². The average molecular weight is 581 g/mol. The van der Waals surface area contributed by atoms with Crippen molar-refractivity contribution in [1.29, 1.82) is 0 Å². The van der Waals surface area contributed by atoms with Gasteiger partial charge in [-0.15, -0.1) is 0 Å². The second-order valence-corrected chi connectivity index (χ2v) is 13.0. The van der Waals surface area contributed by atoms with Gasteiger partial charge in [0, 0.05) is 12.0 Å². The highest BCUT2D eigenvalue weighted by Gasteiger charge is 2.30. The van der Waals surface area contributed by atoms with Crippen molar-refractivity contribution in [2.45, 2.75) is 205 Å². The van der Waals surface area contributed by atoms with Crippen LogP contribution >= 0.6 is 0 Å². The van der Waals surface area contributed by atoms with Gasteiger partial charge >= 0.3 is 5.97 Å². The number of hydrogen-bond donors (Lipinski definition) is 3. The summed E-state index contributed by atoms with van der Waals surface area (Å²) in [4.78, 5) is 11.7. The summed E-state index contributed by atoms with van der Waals surface area (Å²) in [7, 11) is 0. The molecule has 2 aliphatic heterocycles. The smallest absolute Gasteiger partial charge is 0.334 e. The van der Waals surface area contributed by atoms with Crippen molar-refractivity contribution < 1.29 is 29.6 Å². The highest BCUT2D eigenvalue weighted by molar-refractivity contribution is 5.90. The minimum absolute atomic E-state index is 0.104. The molecule has 0 aliphatic carbocycles. The van der Waals surface area contributed by atoms with E-state index in [9.17, 15) is 20.1 Å². The number of unbranched alkanes of at least 4 members (excludes halogenated alkanes) is 14. The van der Waals surface area contributed by atoms with Crippen LogP contribution in [0.2, 0.25) is 0 Å². The highest BCUT2D eigenvalue weighted by Crippen LogP contribution is 2.28. The van der Waals surface area contributed by atoms with Crippen molar-refractivity contribution in [1.82, 2.24) is 0 Å². The zero-order valence-corrected chi connectivity index (χ0v) is 26.6. The number of carbonyl (C=O) groups excluding carboxylic acids is 1. The first-order chi connectivity index (χ1) is 19.9. The summed E-state index contributed by atoms with van der Waals surface area (Å²) < 4.78 is 11.2. The van der Waals surface area contributed by atoms with Gasteiger partial charge in [-0.05, 0) is 57.9 Å². The van der Waals surface area contributed by atoms with Crippen LogP contribution in [-0.2, 0) is 14.3 Å². The zero-order chi connectivity index (χ0) is 29.7. The molecule has 0 spiro atoms. The number of aliphatic hydroxyl groups excluding tert-OH is 3. The molecule has 0 saturated carbocycles. The van der Waals surface area contributed by atoms with Crippen molar-refractivity contribution in [3.05, 3.63) is 11.6 Å². The SMILES string of the molecule is CCCCCCCCCCCCCCCC(O)CCC(O)C1CCC(CCCCCC(O)CC2=CC(C)OC2=O)O1. The van der Waals surface area contributed by atoms with E-state index in [1.54, 1.807) is 6.08 Å². The predicted molar refractivity (Wildman–Crippen MR) is 167 cm³/mol. The fourth-order valence-corrected chi connectivity index (χ4v) is 6.39. The van der Waals surface area contributed by atoms with Crippen molar-refractivity contribution in [2.24, 2.45) is 0 Å². The van der Waals surface area contributed by atoms with E-state index in [2.05, 4.69) is 6.92 Å². The molecule has 6 unspecified atom stereocenters. The van der Waals surface area contributed by atoms with Gasteiger partial charge in [-0.25, -0.2) is 4.79 Å². The average Bonchev–Trinajstić information content (AvgIpc) is 3.55. The van der Waals surface area contributed by atoms with Crippen molar-refractivity contribution in [2.75, 3.05) is 0 Å². The first kappa shape index (κ1) is 36.2. The molecule has 6 nitrogen and oxygen atoms in total. The molecule has 41 heavy (non-hydrogen) atoms. The molecule has 3 N–H and O–H groups in total. The third-order valence-electron chi connectivity index (χ3n) is 9.02. The van der Waals surface area contributed by atoms with Crippen LogP contribution < -0.4 is 0 Å². The summed E-state index contributed by atoms with van der Waals surface area (Å²) in [6.07, 6.45) is 26.8. The third-order valence-corrected chi connectivity index (χ3v) is 9.02. The summed E-state index contributed by atoms with van der Waals surface area (Å²) in [5.41, 5.74) is 0.598. The quantitative estimate of drug-likeness (QED) is 0.0707. The minimum atomic E-state index is -0.499. The van der Waals surface area contributed by atoms with Crippen LogP contribution in [0.25, 0.3) is 0 Å².